The van der Waals surface area contributed by atoms with Crippen molar-refractivity contribution in [2.45, 2.75) is 31.5 Å². The van der Waals surface area contributed by atoms with E-state index in [9.17, 15) is 13.2 Å². The first kappa shape index (κ1) is 12.4. The molecule has 1 aliphatic rings. The van der Waals surface area contributed by atoms with Gasteiger partial charge in [0.2, 0.25) is 0 Å². The van der Waals surface area contributed by atoms with E-state index in [4.69, 9.17) is 0 Å². The van der Waals surface area contributed by atoms with Crippen molar-refractivity contribution < 1.29 is 13.2 Å². The van der Waals surface area contributed by atoms with E-state index < -0.39 is 11.7 Å². The summed E-state index contributed by atoms with van der Waals surface area (Å²) in [5, 5.41) is 2.99. The Morgan fingerprint density at radius 3 is 2.59 bits per heavy atom. The first-order chi connectivity index (χ1) is 8.04. The van der Waals surface area contributed by atoms with Crippen molar-refractivity contribution in [2.75, 3.05) is 7.05 Å². The minimum Gasteiger partial charge on any atom is -0.313 e. The van der Waals surface area contributed by atoms with Crippen molar-refractivity contribution in [3.8, 4) is 0 Å². The molecule has 0 aromatic carbocycles. The lowest BCUT2D eigenvalue weighted by Gasteiger charge is -2.34. The molecule has 1 N–H and O–H groups in total. The van der Waals surface area contributed by atoms with Gasteiger partial charge in [0.15, 0.2) is 0 Å². The lowest BCUT2D eigenvalue weighted by molar-refractivity contribution is -0.138. The molecule has 1 fully saturated rings. The van der Waals surface area contributed by atoms with Gasteiger partial charge in [0.05, 0.1) is 5.56 Å². The molecule has 2 nitrogen and oxygen atoms in total. The molecule has 0 bridgehead atoms. The molecule has 17 heavy (non-hydrogen) atoms. The first-order valence-electron chi connectivity index (χ1n) is 5.72. The standard InChI is InChI=1S/C12H15F3N2/c1-16-11(8-3-2-4-8)9-7-17-6-5-10(9)12(13,14)15/h5-8,11,16H,2-4H2,1H3. The second kappa shape index (κ2) is 4.64. The molecule has 1 atom stereocenters. The fourth-order valence-corrected chi connectivity index (χ4v) is 2.33. The van der Waals surface area contributed by atoms with Crippen molar-refractivity contribution in [1.82, 2.24) is 10.3 Å². The number of rotatable bonds is 3. The third kappa shape index (κ3) is 2.44. The van der Waals surface area contributed by atoms with Gasteiger partial charge in [-0.2, -0.15) is 13.2 Å². The van der Waals surface area contributed by atoms with Gasteiger partial charge < -0.3 is 5.32 Å². The van der Waals surface area contributed by atoms with Crippen molar-refractivity contribution in [1.29, 1.82) is 0 Å². The molecule has 0 radical (unpaired) electrons. The summed E-state index contributed by atoms with van der Waals surface area (Å²) in [6.45, 7) is 0. The van der Waals surface area contributed by atoms with E-state index in [2.05, 4.69) is 10.3 Å². The smallest absolute Gasteiger partial charge is 0.313 e. The van der Waals surface area contributed by atoms with Crippen LogP contribution < -0.4 is 5.32 Å². The monoisotopic (exact) mass is 244 g/mol. The predicted octanol–water partition coefficient (Wildman–Crippen LogP) is 3.16. The maximum absolute atomic E-state index is 12.9. The van der Waals surface area contributed by atoms with Gasteiger partial charge in [-0.15, -0.1) is 0 Å². The van der Waals surface area contributed by atoms with Crippen molar-refractivity contribution in [3.63, 3.8) is 0 Å². The van der Waals surface area contributed by atoms with Crippen LogP contribution in [0.4, 0.5) is 13.2 Å². The number of alkyl halides is 3. The fraction of sp³-hybridized carbons (Fsp3) is 0.583. The molecule has 0 aliphatic heterocycles. The summed E-state index contributed by atoms with van der Waals surface area (Å²) in [6, 6.07) is 0.812. The number of pyridine rings is 1. The summed E-state index contributed by atoms with van der Waals surface area (Å²) in [6.07, 6.45) is 1.29. The molecule has 1 saturated carbocycles. The van der Waals surface area contributed by atoms with Crippen molar-refractivity contribution in [2.24, 2.45) is 5.92 Å². The maximum Gasteiger partial charge on any atom is 0.416 e. The van der Waals surface area contributed by atoms with Crippen LogP contribution in [-0.4, -0.2) is 12.0 Å². The lowest BCUT2D eigenvalue weighted by atomic mass is 9.76. The van der Waals surface area contributed by atoms with Crippen LogP contribution in [0.3, 0.4) is 0 Å². The quantitative estimate of drug-likeness (QED) is 0.883. The van der Waals surface area contributed by atoms with Crippen LogP contribution in [0.2, 0.25) is 0 Å². The molecular weight excluding hydrogens is 229 g/mol. The second-order valence-corrected chi connectivity index (χ2v) is 4.42. The number of nitrogens with one attached hydrogen (secondary N) is 1. The number of nitrogens with zero attached hydrogens (tertiary/aromatic N) is 1. The highest BCUT2D eigenvalue weighted by atomic mass is 19.4. The van der Waals surface area contributed by atoms with E-state index in [0.29, 0.717) is 5.92 Å². The molecule has 1 aliphatic carbocycles. The number of aromatic nitrogens is 1. The average Bonchev–Trinajstić information content (AvgIpc) is 2.22. The Kier molecular flexibility index (Phi) is 3.38. The van der Waals surface area contributed by atoms with Crippen LogP contribution in [0.1, 0.15) is 36.4 Å². The zero-order valence-corrected chi connectivity index (χ0v) is 9.59. The Hall–Kier alpha value is -1.10. The van der Waals surface area contributed by atoms with Gasteiger partial charge in [-0.3, -0.25) is 4.98 Å². The summed E-state index contributed by atoms with van der Waals surface area (Å²) in [5.41, 5.74) is -0.300. The Morgan fingerprint density at radius 2 is 2.12 bits per heavy atom. The van der Waals surface area contributed by atoms with Crippen LogP contribution in [0.25, 0.3) is 0 Å². The zero-order chi connectivity index (χ0) is 12.5. The highest BCUT2D eigenvalue weighted by Crippen LogP contribution is 2.41. The topological polar surface area (TPSA) is 24.9 Å². The number of hydrogen-bond acceptors (Lipinski definition) is 2. The highest BCUT2D eigenvalue weighted by molar-refractivity contribution is 5.30. The summed E-state index contributed by atoms with van der Waals surface area (Å²) in [5.74, 6) is 0.297. The third-order valence-electron chi connectivity index (χ3n) is 3.42. The molecule has 5 heteroatoms. The molecule has 0 amide bonds. The number of hydrogen-bond donors (Lipinski definition) is 1. The van der Waals surface area contributed by atoms with E-state index >= 15 is 0 Å². The van der Waals surface area contributed by atoms with E-state index in [-0.39, 0.29) is 11.6 Å². The Bertz CT molecular complexity index is 386. The van der Waals surface area contributed by atoms with Crippen LogP contribution >= 0.6 is 0 Å². The third-order valence-corrected chi connectivity index (χ3v) is 3.42. The van der Waals surface area contributed by atoms with Gasteiger partial charge in [0.1, 0.15) is 0 Å². The Labute approximate surface area is 98.2 Å². The van der Waals surface area contributed by atoms with Gasteiger partial charge in [-0.25, -0.2) is 0 Å². The van der Waals surface area contributed by atoms with E-state index in [1.807, 2.05) is 0 Å². The van der Waals surface area contributed by atoms with Crippen molar-refractivity contribution >= 4 is 0 Å². The minimum atomic E-state index is -4.31. The summed E-state index contributed by atoms with van der Waals surface area (Å²) in [7, 11) is 1.70. The molecular formula is C12H15F3N2. The van der Waals surface area contributed by atoms with Gasteiger partial charge in [-0.1, -0.05) is 6.42 Å². The van der Waals surface area contributed by atoms with Gasteiger partial charge in [-0.05, 0) is 37.4 Å². The molecule has 94 valence electrons. The minimum absolute atomic E-state index is 0.242. The van der Waals surface area contributed by atoms with Gasteiger partial charge in [0.25, 0.3) is 0 Å². The van der Waals surface area contributed by atoms with Crippen LogP contribution in [0, 0.1) is 5.92 Å². The van der Waals surface area contributed by atoms with Crippen LogP contribution in [0.5, 0.6) is 0 Å². The highest BCUT2D eigenvalue weighted by Gasteiger charge is 2.37. The lowest BCUT2D eigenvalue weighted by Crippen LogP contribution is -2.31. The van der Waals surface area contributed by atoms with E-state index in [1.165, 1.54) is 12.4 Å². The van der Waals surface area contributed by atoms with Crippen LogP contribution in [-0.2, 0) is 6.18 Å². The van der Waals surface area contributed by atoms with E-state index in [1.54, 1.807) is 7.05 Å². The van der Waals surface area contributed by atoms with Crippen molar-refractivity contribution in [3.05, 3.63) is 29.6 Å². The molecule has 0 spiro atoms. The summed E-state index contributed by atoms with van der Waals surface area (Å²) in [4.78, 5) is 3.83. The van der Waals surface area contributed by atoms with Gasteiger partial charge in [0, 0.05) is 18.4 Å². The molecule has 0 saturated heterocycles. The molecule has 1 aromatic rings. The Morgan fingerprint density at radius 1 is 1.41 bits per heavy atom. The molecule has 1 aromatic heterocycles. The largest absolute Gasteiger partial charge is 0.416 e. The maximum atomic E-state index is 12.9. The average molecular weight is 244 g/mol. The molecule has 2 rings (SSSR count). The van der Waals surface area contributed by atoms with Gasteiger partial charge >= 0.3 is 6.18 Å². The normalized spacial score (nSPS) is 18.8. The van der Waals surface area contributed by atoms with Crippen LogP contribution in [0.15, 0.2) is 18.5 Å². The molecule has 1 heterocycles. The molecule has 1 unspecified atom stereocenters. The predicted molar refractivity (Wildman–Crippen MR) is 58.4 cm³/mol. The van der Waals surface area contributed by atoms with E-state index in [0.717, 1.165) is 25.3 Å². The number of halogens is 3. The Balaban J connectivity index is 2.35. The second-order valence-electron chi connectivity index (χ2n) is 4.42. The fourth-order valence-electron chi connectivity index (χ4n) is 2.33. The SMILES string of the molecule is CNC(c1cnccc1C(F)(F)F)C1CCC1. The zero-order valence-electron chi connectivity index (χ0n) is 9.59. The first-order valence-corrected chi connectivity index (χ1v) is 5.72. The summed E-state index contributed by atoms with van der Waals surface area (Å²) < 4.78 is 38.6. The summed E-state index contributed by atoms with van der Waals surface area (Å²) >= 11 is 0.